The van der Waals surface area contributed by atoms with E-state index < -0.39 is 0 Å². The van der Waals surface area contributed by atoms with Gasteiger partial charge in [-0.25, -0.2) is 0 Å². The molecule has 73 valence electrons. The van der Waals surface area contributed by atoms with Crippen LogP contribution in [0.4, 0.5) is 0 Å². The molecule has 0 heterocycles. The van der Waals surface area contributed by atoms with E-state index in [0.717, 1.165) is 6.42 Å². The lowest BCUT2D eigenvalue weighted by Gasteiger charge is -2.07. The minimum Gasteiger partial charge on any atom is -0.103 e. The van der Waals surface area contributed by atoms with E-state index in [-0.39, 0.29) is 0 Å². The molecule has 2 aromatic rings. The summed E-state index contributed by atoms with van der Waals surface area (Å²) in [4.78, 5) is 0. The molecule has 2 rings (SSSR count). The van der Waals surface area contributed by atoms with E-state index in [1.807, 2.05) is 18.2 Å². The van der Waals surface area contributed by atoms with Crippen LogP contribution in [0.3, 0.4) is 0 Å². The van der Waals surface area contributed by atoms with Gasteiger partial charge in [0, 0.05) is 0 Å². The number of benzene rings is 2. The molecule has 0 bridgehead atoms. The molecule has 15 heavy (non-hydrogen) atoms. The molecule has 0 aromatic heterocycles. The van der Waals surface area contributed by atoms with Gasteiger partial charge in [-0.3, -0.25) is 0 Å². The molecule has 0 aliphatic rings. The van der Waals surface area contributed by atoms with Crippen molar-refractivity contribution in [1.29, 1.82) is 0 Å². The molecule has 0 nitrogen and oxygen atoms in total. The fraction of sp³-hybridized carbons (Fsp3) is 0.0667. The first-order chi connectivity index (χ1) is 7.42. The van der Waals surface area contributed by atoms with Gasteiger partial charge in [0.05, 0.1) is 0 Å². The van der Waals surface area contributed by atoms with Crippen molar-refractivity contribution < 1.29 is 0 Å². The van der Waals surface area contributed by atoms with Crippen molar-refractivity contribution in [2.45, 2.75) is 6.42 Å². The summed E-state index contributed by atoms with van der Waals surface area (Å²) in [6.45, 7) is 3.78. The molecule has 0 N–H and O–H groups in total. The molecule has 0 heteroatoms. The summed E-state index contributed by atoms with van der Waals surface area (Å²) in [6.07, 6.45) is 2.85. The molecule has 1 radical (unpaired) electrons. The SMILES string of the molecule is C=CCc1ccccc1-c1cc[c]cc1. The molecule has 0 fully saturated rings. The van der Waals surface area contributed by atoms with Crippen LogP contribution in [-0.2, 0) is 6.42 Å². The van der Waals surface area contributed by atoms with Crippen LogP contribution < -0.4 is 0 Å². The molecule has 0 saturated carbocycles. The van der Waals surface area contributed by atoms with E-state index in [0.29, 0.717) is 0 Å². The third-order valence-electron chi connectivity index (χ3n) is 2.41. The van der Waals surface area contributed by atoms with Crippen LogP contribution in [0.2, 0.25) is 0 Å². The summed E-state index contributed by atoms with van der Waals surface area (Å²) in [5, 5.41) is 0. The number of hydrogen-bond acceptors (Lipinski definition) is 0. The standard InChI is InChI=1S/C15H13/c1-2-8-13-11-6-7-12-15(13)14-9-4-3-5-10-14/h2,4-7,9-12H,1,8H2. The molecule has 0 saturated heterocycles. The second-order valence-corrected chi connectivity index (χ2v) is 3.44. The van der Waals surface area contributed by atoms with Crippen molar-refractivity contribution in [3.63, 3.8) is 0 Å². The largest absolute Gasteiger partial charge is 0.103 e. The third kappa shape index (κ3) is 2.16. The van der Waals surface area contributed by atoms with E-state index in [9.17, 15) is 0 Å². The molecular formula is C15H13. The lowest BCUT2D eigenvalue weighted by Crippen LogP contribution is -1.86. The highest BCUT2D eigenvalue weighted by Crippen LogP contribution is 2.23. The van der Waals surface area contributed by atoms with Gasteiger partial charge in [0.2, 0.25) is 0 Å². The van der Waals surface area contributed by atoms with Gasteiger partial charge in [-0.15, -0.1) is 6.58 Å². The molecule has 0 unspecified atom stereocenters. The van der Waals surface area contributed by atoms with Gasteiger partial charge in [-0.2, -0.15) is 0 Å². The quantitative estimate of drug-likeness (QED) is 0.649. The van der Waals surface area contributed by atoms with Crippen LogP contribution in [0.1, 0.15) is 5.56 Å². The van der Waals surface area contributed by atoms with Crippen molar-refractivity contribution in [1.82, 2.24) is 0 Å². The Balaban J connectivity index is 2.48. The minimum absolute atomic E-state index is 0.911. The summed E-state index contributed by atoms with van der Waals surface area (Å²) in [7, 11) is 0. The first-order valence-corrected chi connectivity index (χ1v) is 5.07. The highest BCUT2D eigenvalue weighted by molar-refractivity contribution is 5.67. The lowest BCUT2D eigenvalue weighted by atomic mass is 9.98. The Morgan fingerprint density at radius 3 is 2.53 bits per heavy atom. The maximum absolute atomic E-state index is 3.78. The Labute approximate surface area is 90.9 Å². The molecule has 0 atom stereocenters. The molecular weight excluding hydrogens is 180 g/mol. The first kappa shape index (κ1) is 9.72. The Bertz CT molecular complexity index is 441. The topological polar surface area (TPSA) is 0 Å². The summed E-state index contributed by atoms with van der Waals surface area (Å²) < 4.78 is 0. The fourth-order valence-corrected chi connectivity index (χ4v) is 1.70. The van der Waals surface area contributed by atoms with Crippen molar-refractivity contribution in [2.75, 3.05) is 0 Å². The predicted octanol–water partition coefficient (Wildman–Crippen LogP) is 3.88. The minimum atomic E-state index is 0.911. The van der Waals surface area contributed by atoms with Gasteiger partial charge in [-0.1, -0.05) is 54.6 Å². The van der Waals surface area contributed by atoms with Crippen LogP contribution >= 0.6 is 0 Å². The predicted molar refractivity (Wildman–Crippen MR) is 64.6 cm³/mol. The number of rotatable bonds is 3. The van der Waals surface area contributed by atoms with E-state index in [1.165, 1.54) is 16.7 Å². The van der Waals surface area contributed by atoms with E-state index in [4.69, 9.17) is 0 Å². The Kier molecular flexibility index (Phi) is 2.99. The monoisotopic (exact) mass is 193 g/mol. The fourth-order valence-electron chi connectivity index (χ4n) is 1.70. The second-order valence-electron chi connectivity index (χ2n) is 3.44. The van der Waals surface area contributed by atoms with Crippen molar-refractivity contribution >= 4 is 0 Å². The molecule has 0 aliphatic carbocycles. The van der Waals surface area contributed by atoms with Crippen LogP contribution in [0.5, 0.6) is 0 Å². The van der Waals surface area contributed by atoms with Crippen molar-refractivity contribution in [3.05, 3.63) is 72.8 Å². The number of hydrogen-bond donors (Lipinski definition) is 0. The van der Waals surface area contributed by atoms with Crippen LogP contribution in [0.25, 0.3) is 11.1 Å². The zero-order valence-corrected chi connectivity index (χ0v) is 8.61. The third-order valence-corrected chi connectivity index (χ3v) is 2.41. The summed E-state index contributed by atoms with van der Waals surface area (Å²) in [5.41, 5.74) is 3.84. The average Bonchev–Trinajstić information content (AvgIpc) is 2.31. The summed E-state index contributed by atoms with van der Waals surface area (Å²) in [5.74, 6) is 0. The van der Waals surface area contributed by atoms with E-state index in [2.05, 4.69) is 49.0 Å². The Hall–Kier alpha value is -1.82. The van der Waals surface area contributed by atoms with E-state index >= 15 is 0 Å². The normalized spacial score (nSPS) is 9.87. The van der Waals surface area contributed by atoms with Gasteiger partial charge in [0.1, 0.15) is 0 Å². The summed E-state index contributed by atoms with van der Waals surface area (Å²) in [6, 6.07) is 19.5. The summed E-state index contributed by atoms with van der Waals surface area (Å²) >= 11 is 0. The molecule has 2 aromatic carbocycles. The van der Waals surface area contributed by atoms with Gasteiger partial charge in [-0.05, 0) is 29.2 Å². The first-order valence-electron chi connectivity index (χ1n) is 5.07. The van der Waals surface area contributed by atoms with Gasteiger partial charge >= 0.3 is 0 Å². The van der Waals surface area contributed by atoms with E-state index in [1.54, 1.807) is 0 Å². The van der Waals surface area contributed by atoms with Crippen molar-refractivity contribution in [2.24, 2.45) is 0 Å². The lowest BCUT2D eigenvalue weighted by molar-refractivity contribution is 1.28. The zero-order chi connectivity index (χ0) is 10.5. The Morgan fingerprint density at radius 1 is 1.07 bits per heavy atom. The maximum atomic E-state index is 3.78. The smallest absolute Gasteiger partial charge is 0.00940 e. The number of allylic oxidation sites excluding steroid dienone is 1. The van der Waals surface area contributed by atoms with Crippen LogP contribution in [-0.4, -0.2) is 0 Å². The zero-order valence-electron chi connectivity index (χ0n) is 8.61. The molecule has 0 spiro atoms. The molecule has 0 aliphatic heterocycles. The van der Waals surface area contributed by atoms with Crippen molar-refractivity contribution in [3.8, 4) is 11.1 Å². The van der Waals surface area contributed by atoms with Gasteiger partial charge in [0.15, 0.2) is 0 Å². The average molecular weight is 193 g/mol. The highest BCUT2D eigenvalue weighted by Gasteiger charge is 2.01. The Morgan fingerprint density at radius 2 is 1.80 bits per heavy atom. The maximum Gasteiger partial charge on any atom is -0.00940 e. The van der Waals surface area contributed by atoms with Crippen LogP contribution in [0.15, 0.2) is 61.2 Å². The highest BCUT2D eigenvalue weighted by atomic mass is 14.1. The van der Waals surface area contributed by atoms with Crippen LogP contribution in [0, 0.1) is 6.07 Å². The molecule has 0 amide bonds. The van der Waals surface area contributed by atoms with Gasteiger partial charge < -0.3 is 0 Å². The second kappa shape index (κ2) is 4.61. The van der Waals surface area contributed by atoms with Gasteiger partial charge in [0.25, 0.3) is 0 Å².